The molecule has 0 spiro atoms. The number of carbonyl (C=O) groups excluding carboxylic acids is 1. The number of nitrogens with zero attached hydrogens (tertiary/aromatic N) is 2. The molecule has 0 bridgehead atoms. The molecule has 1 N–H and O–H groups in total. The number of halogens is 1. The highest BCUT2D eigenvalue weighted by atomic mass is 79.9. The van der Waals surface area contributed by atoms with Gasteiger partial charge >= 0.3 is 0 Å². The van der Waals surface area contributed by atoms with E-state index in [4.69, 9.17) is 5.10 Å². The summed E-state index contributed by atoms with van der Waals surface area (Å²) in [4.78, 5) is 12.9. The number of amides is 1. The summed E-state index contributed by atoms with van der Waals surface area (Å²) >= 11 is 3.50. The number of benzene rings is 3. The molecule has 0 fully saturated rings. The molecule has 0 atom stereocenters. The van der Waals surface area contributed by atoms with E-state index < -0.39 is 0 Å². The van der Waals surface area contributed by atoms with E-state index >= 15 is 0 Å². The second-order valence-electron chi connectivity index (χ2n) is 6.44. The average molecular weight is 432 g/mol. The van der Waals surface area contributed by atoms with E-state index in [1.807, 2.05) is 91.9 Å². The number of rotatable bonds is 4. The highest BCUT2D eigenvalue weighted by Gasteiger charge is 2.16. The molecule has 0 aliphatic heterocycles. The second-order valence-corrected chi connectivity index (χ2v) is 7.36. The van der Waals surface area contributed by atoms with Crippen LogP contribution in [0.25, 0.3) is 16.9 Å². The third kappa shape index (κ3) is 3.75. The molecule has 5 heteroatoms. The maximum atomic E-state index is 12.9. The zero-order valence-corrected chi connectivity index (χ0v) is 16.8. The molecular formula is C23H18BrN3O. The standard InChI is InChI=1S/C23H18BrN3O/c1-16-8-5-6-13-20(16)23(28)25-22-15-21(17-9-7-10-18(24)14-17)26-27(22)19-11-3-2-4-12-19/h2-15H,1H3,(H,25,28). The van der Waals surface area contributed by atoms with E-state index in [0.29, 0.717) is 11.4 Å². The number of nitrogens with one attached hydrogen (secondary N) is 1. The number of hydrogen-bond donors (Lipinski definition) is 1. The molecule has 1 aromatic heterocycles. The Bertz CT molecular complexity index is 1140. The summed E-state index contributed by atoms with van der Waals surface area (Å²) in [6.07, 6.45) is 0. The third-order valence-corrected chi connectivity index (χ3v) is 4.96. The molecule has 1 heterocycles. The molecule has 1 amide bonds. The molecule has 0 aliphatic rings. The van der Waals surface area contributed by atoms with Crippen LogP contribution in [-0.2, 0) is 0 Å². The van der Waals surface area contributed by atoms with Gasteiger partial charge in [0.25, 0.3) is 5.91 Å². The van der Waals surface area contributed by atoms with E-state index in [0.717, 1.165) is 27.0 Å². The van der Waals surface area contributed by atoms with Gasteiger partial charge in [0.05, 0.1) is 11.4 Å². The fourth-order valence-corrected chi connectivity index (χ4v) is 3.44. The lowest BCUT2D eigenvalue weighted by Crippen LogP contribution is -2.16. The lowest BCUT2D eigenvalue weighted by atomic mass is 10.1. The Labute approximate surface area is 172 Å². The van der Waals surface area contributed by atoms with Crippen molar-refractivity contribution in [2.75, 3.05) is 5.32 Å². The molecule has 0 radical (unpaired) electrons. The molecule has 28 heavy (non-hydrogen) atoms. The van der Waals surface area contributed by atoms with Gasteiger partial charge in [-0.1, -0.05) is 64.5 Å². The van der Waals surface area contributed by atoms with Crippen molar-refractivity contribution >= 4 is 27.7 Å². The second kappa shape index (κ2) is 7.82. The molecule has 4 nitrogen and oxygen atoms in total. The normalized spacial score (nSPS) is 10.6. The molecule has 4 aromatic rings. The van der Waals surface area contributed by atoms with Crippen LogP contribution < -0.4 is 5.32 Å². The molecular weight excluding hydrogens is 414 g/mol. The molecule has 3 aromatic carbocycles. The molecule has 138 valence electrons. The van der Waals surface area contributed by atoms with Gasteiger partial charge in [0.2, 0.25) is 0 Å². The summed E-state index contributed by atoms with van der Waals surface area (Å²) in [7, 11) is 0. The van der Waals surface area contributed by atoms with E-state index in [-0.39, 0.29) is 5.91 Å². The van der Waals surface area contributed by atoms with Crippen molar-refractivity contribution in [3.8, 4) is 16.9 Å². The highest BCUT2D eigenvalue weighted by molar-refractivity contribution is 9.10. The van der Waals surface area contributed by atoms with E-state index in [9.17, 15) is 4.79 Å². The van der Waals surface area contributed by atoms with Crippen molar-refractivity contribution in [2.24, 2.45) is 0 Å². The minimum absolute atomic E-state index is 0.157. The minimum Gasteiger partial charge on any atom is -0.306 e. The van der Waals surface area contributed by atoms with Gasteiger partial charge in [0.1, 0.15) is 5.82 Å². The Morgan fingerprint density at radius 3 is 2.43 bits per heavy atom. The van der Waals surface area contributed by atoms with Crippen molar-refractivity contribution in [1.82, 2.24) is 9.78 Å². The van der Waals surface area contributed by atoms with Crippen LogP contribution in [0.3, 0.4) is 0 Å². The van der Waals surface area contributed by atoms with Gasteiger partial charge in [-0.25, -0.2) is 4.68 Å². The summed E-state index contributed by atoms with van der Waals surface area (Å²) in [6.45, 7) is 1.93. The van der Waals surface area contributed by atoms with Gasteiger partial charge in [0.15, 0.2) is 0 Å². The Balaban J connectivity index is 1.77. The molecule has 0 unspecified atom stereocenters. The fraction of sp³-hybridized carbons (Fsp3) is 0.0435. The lowest BCUT2D eigenvalue weighted by molar-refractivity contribution is 0.102. The van der Waals surface area contributed by atoms with Crippen LogP contribution in [0.5, 0.6) is 0 Å². The summed E-state index contributed by atoms with van der Waals surface area (Å²) in [5.41, 5.74) is 4.20. The smallest absolute Gasteiger partial charge is 0.257 e. The monoisotopic (exact) mass is 431 g/mol. The predicted octanol–water partition coefficient (Wildman–Crippen LogP) is 5.86. The first-order valence-electron chi connectivity index (χ1n) is 8.90. The zero-order chi connectivity index (χ0) is 19.5. The summed E-state index contributed by atoms with van der Waals surface area (Å²) in [5.74, 6) is 0.463. The first-order valence-corrected chi connectivity index (χ1v) is 9.69. The average Bonchev–Trinajstić information content (AvgIpc) is 3.13. The van der Waals surface area contributed by atoms with Crippen molar-refractivity contribution in [3.63, 3.8) is 0 Å². The molecule has 0 saturated heterocycles. The number of aromatic nitrogens is 2. The summed E-state index contributed by atoms with van der Waals surface area (Å²) in [5, 5.41) is 7.76. The number of anilines is 1. The van der Waals surface area contributed by atoms with Crippen LogP contribution in [0.4, 0.5) is 5.82 Å². The number of hydrogen-bond acceptors (Lipinski definition) is 2. The van der Waals surface area contributed by atoms with E-state index in [2.05, 4.69) is 21.2 Å². The van der Waals surface area contributed by atoms with Gasteiger partial charge in [-0.3, -0.25) is 4.79 Å². The van der Waals surface area contributed by atoms with E-state index in [1.165, 1.54) is 0 Å². The number of para-hydroxylation sites is 1. The Hall–Kier alpha value is -3.18. The quantitative estimate of drug-likeness (QED) is 0.439. The Morgan fingerprint density at radius 1 is 0.929 bits per heavy atom. The van der Waals surface area contributed by atoms with Crippen LogP contribution in [0.1, 0.15) is 15.9 Å². The number of carbonyl (C=O) groups is 1. The largest absolute Gasteiger partial charge is 0.306 e. The van der Waals surface area contributed by atoms with Crippen LogP contribution >= 0.6 is 15.9 Å². The number of aryl methyl sites for hydroxylation is 1. The topological polar surface area (TPSA) is 46.9 Å². The van der Waals surface area contributed by atoms with Crippen molar-refractivity contribution in [1.29, 1.82) is 0 Å². The van der Waals surface area contributed by atoms with Crippen LogP contribution in [0, 0.1) is 6.92 Å². The van der Waals surface area contributed by atoms with Gasteiger partial charge in [-0.2, -0.15) is 5.10 Å². The van der Waals surface area contributed by atoms with Crippen molar-refractivity contribution in [2.45, 2.75) is 6.92 Å². The Kier molecular flexibility index (Phi) is 5.08. The van der Waals surface area contributed by atoms with Gasteiger partial charge in [0, 0.05) is 21.7 Å². The van der Waals surface area contributed by atoms with E-state index in [1.54, 1.807) is 4.68 Å². The van der Waals surface area contributed by atoms with Gasteiger partial charge in [-0.05, 0) is 42.8 Å². The predicted molar refractivity (Wildman–Crippen MR) is 116 cm³/mol. The molecule has 0 saturated carbocycles. The lowest BCUT2D eigenvalue weighted by Gasteiger charge is -2.10. The fourth-order valence-electron chi connectivity index (χ4n) is 3.04. The van der Waals surface area contributed by atoms with Crippen LogP contribution in [0.2, 0.25) is 0 Å². The van der Waals surface area contributed by atoms with Crippen LogP contribution in [0.15, 0.2) is 89.4 Å². The highest BCUT2D eigenvalue weighted by Crippen LogP contribution is 2.27. The Morgan fingerprint density at radius 2 is 1.68 bits per heavy atom. The zero-order valence-electron chi connectivity index (χ0n) is 15.3. The molecule has 0 aliphatic carbocycles. The van der Waals surface area contributed by atoms with Crippen LogP contribution in [-0.4, -0.2) is 15.7 Å². The SMILES string of the molecule is Cc1ccccc1C(=O)Nc1cc(-c2cccc(Br)c2)nn1-c1ccccc1. The van der Waals surface area contributed by atoms with Crippen molar-refractivity contribution in [3.05, 3.63) is 101 Å². The first kappa shape index (κ1) is 18.2. The first-order chi connectivity index (χ1) is 13.6. The maximum absolute atomic E-state index is 12.9. The summed E-state index contributed by atoms with van der Waals surface area (Å²) in [6, 6.07) is 27.1. The van der Waals surface area contributed by atoms with Crippen molar-refractivity contribution < 1.29 is 4.79 Å². The minimum atomic E-state index is -0.157. The van der Waals surface area contributed by atoms with Gasteiger partial charge in [-0.15, -0.1) is 0 Å². The molecule has 4 rings (SSSR count). The third-order valence-electron chi connectivity index (χ3n) is 4.46. The van der Waals surface area contributed by atoms with Gasteiger partial charge < -0.3 is 5.32 Å². The summed E-state index contributed by atoms with van der Waals surface area (Å²) < 4.78 is 2.73. The maximum Gasteiger partial charge on any atom is 0.257 e.